The Balaban J connectivity index is 1.06. The summed E-state index contributed by atoms with van der Waals surface area (Å²) in [5.74, 6) is 5.20. The molecule has 0 unspecified atom stereocenters. The number of rotatable bonds is 4. The fourth-order valence-electron chi connectivity index (χ4n) is 8.18. The Morgan fingerprint density at radius 2 is 1.43 bits per heavy atom. The summed E-state index contributed by atoms with van der Waals surface area (Å²) in [5.41, 5.74) is 1.34. The summed E-state index contributed by atoms with van der Waals surface area (Å²) in [7, 11) is 1.74. The Kier molecular flexibility index (Phi) is 5.19. The van der Waals surface area contributed by atoms with Gasteiger partial charge in [0.2, 0.25) is 0 Å². The molecule has 4 bridgehead atoms. The van der Waals surface area contributed by atoms with Crippen LogP contribution in [0.2, 0.25) is 0 Å². The summed E-state index contributed by atoms with van der Waals surface area (Å²) in [4.78, 5) is 8.35. The molecule has 6 aliphatic rings. The van der Waals surface area contributed by atoms with Gasteiger partial charge in [-0.3, -0.25) is 9.80 Å². The number of anilines is 1. The van der Waals surface area contributed by atoms with Crippen molar-refractivity contribution in [2.45, 2.75) is 57.0 Å². The van der Waals surface area contributed by atoms with E-state index in [1.54, 1.807) is 39.2 Å². The topological polar surface area (TPSA) is 19.0 Å². The van der Waals surface area contributed by atoms with Gasteiger partial charge in [-0.15, -0.1) is 0 Å². The molecular weight excluding hydrogens is 370 g/mol. The van der Waals surface area contributed by atoms with E-state index in [1.807, 2.05) is 0 Å². The van der Waals surface area contributed by atoms with Crippen LogP contribution in [0.3, 0.4) is 0 Å². The number of likely N-dealkylation sites (tertiary alicyclic amines) is 1. The van der Waals surface area contributed by atoms with Gasteiger partial charge in [-0.2, -0.15) is 0 Å². The van der Waals surface area contributed by atoms with Crippen molar-refractivity contribution in [3.63, 3.8) is 0 Å². The van der Waals surface area contributed by atoms with Crippen molar-refractivity contribution in [1.29, 1.82) is 0 Å². The van der Waals surface area contributed by atoms with Gasteiger partial charge in [-0.05, 0) is 99.4 Å². The number of nitrogens with zero attached hydrogens (tertiary/aromatic N) is 3. The fraction of sp³-hybridized carbons (Fsp3) is 0.769. The Hall–Kier alpha value is -1.26. The van der Waals surface area contributed by atoms with E-state index in [1.165, 1.54) is 44.7 Å². The molecule has 0 aromatic heterocycles. The highest BCUT2D eigenvalue weighted by molar-refractivity contribution is 5.49. The Bertz CT molecular complexity index is 698. The molecule has 4 nitrogen and oxygen atoms in total. The maximum Gasteiger partial charge on any atom is 0.119 e. The van der Waals surface area contributed by atoms with Crippen LogP contribution in [0.5, 0.6) is 5.75 Å². The van der Waals surface area contributed by atoms with Crippen molar-refractivity contribution in [3.8, 4) is 5.75 Å². The maximum atomic E-state index is 5.32. The Morgan fingerprint density at radius 3 is 2.07 bits per heavy atom. The molecule has 2 heterocycles. The molecule has 30 heavy (non-hydrogen) atoms. The minimum Gasteiger partial charge on any atom is -0.497 e. The highest BCUT2D eigenvalue weighted by atomic mass is 16.5. The summed E-state index contributed by atoms with van der Waals surface area (Å²) in [6, 6.07) is 10.3. The summed E-state index contributed by atoms with van der Waals surface area (Å²) in [6.07, 6.45) is 10.6. The van der Waals surface area contributed by atoms with Gasteiger partial charge in [0.25, 0.3) is 0 Å². The zero-order valence-corrected chi connectivity index (χ0v) is 18.7. The van der Waals surface area contributed by atoms with E-state index in [0.717, 1.165) is 54.6 Å². The van der Waals surface area contributed by atoms with Gasteiger partial charge in [0.1, 0.15) is 5.75 Å². The van der Waals surface area contributed by atoms with E-state index in [-0.39, 0.29) is 0 Å². The molecule has 1 aromatic rings. The third-order valence-corrected chi connectivity index (χ3v) is 9.29. The van der Waals surface area contributed by atoms with Crippen LogP contribution in [0.1, 0.15) is 44.9 Å². The van der Waals surface area contributed by atoms with Crippen molar-refractivity contribution < 1.29 is 4.74 Å². The first-order valence-electron chi connectivity index (χ1n) is 12.6. The number of piperidine rings is 1. The first-order valence-corrected chi connectivity index (χ1v) is 12.6. The lowest BCUT2D eigenvalue weighted by Crippen LogP contribution is -2.61. The fourth-order valence-corrected chi connectivity index (χ4v) is 8.18. The van der Waals surface area contributed by atoms with Gasteiger partial charge < -0.3 is 9.64 Å². The molecule has 0 N–H and O–H groups in total. The van der Waals surface area contributed by atoms with Crippen LogP contribution in [0.4, 0.5) is 5.69 Å². The number of methoxy groups -OCH3 is 1. The van der Waals surface area contributed by atoms with Gasteiger partial charge in [0.15, 0.2) is 0 Å². The lowest BCUT2D eigenvalue weighted by molar-refractivity contribution is -0.0795. The standard InChI is InChI=1S/C26H39N3O/c1-30-25-6-4-23(5-7-25)27-9-11-28(12-10-27)24-3-2-8-29(18-24)26-21-14-19-13-20(16-21)17-22(26)15-19/h4-7,19-22,24,26H,2-3,8-18H2,1H3/t19?,20?,21?,22?,24-,26?/m1/s1. The Morgan fingerprint density at radius 1 is 0.767 bits per heavy atom. The number of benzene rings is 1. The van der Waals surface area contributed by atoms with E-state index >= 15 is 0 Å². The molecule has 2 saturated heterocycles. The van der Waals surface area contributed by atoms with E-state index in [2.05, 4.69) is 39.0 Å². The number of hydrogen-bond acceptors (Lipinski definition) is 4. The van der Waals surface area contributed by atoms with Gasteiger partial charge in [-0.25, -0.2) is 0 Å². The van der Waals surface area contributed by atoms with Crippen molar-refractivity contribution in [2.24, 2.45) is 23.7 Å². The van der Waals surface area contributed by atoms with Crippen LogP contribution in [-0.4, -0.2) is 68.3 Å². The van der Waals surface area contributed by atoms with Crippen LogP contribution in [0.15, 0.2) is 24.3 Å². The molecule has 0 spiro atoms. The molecule has 4 aliphatic carbocycles. The van der Waals surface area contributed by atoms with Crippen LogP contribution < -0.4 is 9.64 Å². The third-order valence-electron chi connectivity index (χ3n) is 9.29. The van der Waals surface area contributed by atoms with Crippen LogP contribution in [-0.2, 0) is 0 Å². The lowest BCUT2D eigenvalue weighted by Gasteiger charge is -2.58. The average molecular weight is 410 g/mol. The number of ether oxygens (including phenoxy) is 1. The minimum absolute atomic E-state index is 0.786. The monoisotopic (exact) mass is 409 g/mol. The summed E-state index contributed by atoms with van der Waals surface area (Å²) in [6.45, 7) is 7.45. The molecule has 4 saturated carbocycles. The zero-order valence-electron chi connectivity index (χ0n) is 18.7. The first kappa shape index (κ1) is 19.4. The van der Waals surface area contributed by atoms with E-state index in [0.29, 0.717) is 0 Å². The second-order valence-electron chi connectivity index (χ2n) is 10.9. The second-order valence-corrected chi connectivity index (χ2v) is 10.9. The van der Waals surface area contributed by atoms with Crippen LogP contribution >= 0.6 is 0 Å². The van der Waals surface area contributed by atoms with Crippen LogP contribution in [0, 0.1) is 23.7 Å². The largest absolute Gasteiger partial charge is 0.497 e. The van der Waals surface area contributed by atoms with E-state index < -0.39 is 0 Å². The molecule has 0 radical (unpaired) electrons. The zero-order chi connectivity index (χ0) is 20.1. The van der Waals surface area contributed by atoms with Crippen molar-refractivity contribution in [1.82, 2.24) is 9.80 Å². The SMILES string of the molecule is COc1ccc(N2CCN([C@@H]3CCCN(C4C5CC6CC(C5)CC4C6)C3)CC2)cc1. The molecule has 6 fully saturated rings. The quantitative estimate of drug-likeness (QED) is 0.745. The molecule has 7 rings (SSSR count). The summed E-state index contributed by atoms with van der Waals surface area (Å²) in [5, 5.41) is 0. The number of hydrogen-bond donors (Lipinski definition) is 0. The number of piperazine rings is 1. The van der Waals surface area contributed by atoms with Crippen molar-refractivity contribution in [2.75, 3.05) is 51.3 Å². The van der Waals surface area contributed by atoms with Gasteiger partial charge in [-0.1, -0.05) is 0 Å². The highest BCUT2D eigenvalue weighted by Gasteiger charge is 2.50. The first-order chi connectivity index (χ1) is 14.8. The molecule has 1 aromatic carbocycles. The molecule has 4 heteroatoms. The summed E-state index contributed by atoms with van der Waals surface area (Å²) < 4.78 is 5.32. The van der Waals surface area contributed by atoms with Crippen LogP contribution in [0.25, 0.3) is 0 Å². The molecule has 1 atom stereocenters. The highest BCUT2D eigenvalue weighted by Crippen LogP contribution is 2.55. The predicted molar refractivity (Wildman–Crippen MR) is 122 cm³/mol. The van der Waals surface area contributed by atoms with Gasteiger partial charge in [0, 0.05) is 50.5 Å². The Labute approximate surface area is 182 Å². The maximum absolute atomic E-state index is 5.32. The molecule has 0 amide bonds. The molecular formula is C26H39N3O. The lowest BCUT2D eigenvalue weighted by atomic mass is 9.53. The van der Waals surface area contributed by atoms with Gasteiger partial charge >= 0.3 is 0 Å². The smallest absolute Gasteiger partial charge is 0.119 e. The van der Waals surface area contributed by atoms with Crippen molar-refractivity contribution >= 4 is 5.69 Å². The predicted octanol–water partition coefficient (Wildman–Crippen LogP) is 4.11. The summed E-state index contributed by atoms with van der Waals surface area (Å²) >= 11 is 0. The molecule has 164 valence electrons. The average Bonchev–Trinajstić information content (AvgIpc) is 2.79. The second kappa shape index (κ2) is 8.02. The normalized spacial score (nSPS) is 39.4. The van der Waals surface area contributed by atoms with Gasteiger partial charge in [0.05, 0.1) is 7.11 Å². The molecule has 2 aliphatic heterocycles. The van der Waals surface area contributed by atoms with E-state index in [4.69, 9.17) is 4.74 Å². The third kappa shape index (κ3) is 3.54. The van der Waals surface area contributed by atoms with Crippen molar-refractivity contribution in [3.05, 3.63) is 24.3 Å². The minimum atomic E-state index is 0.786. The van der Waals surface area contributed by atoms with E-state index in [9.17, 15) is 0 Å².